The summed E-state index contributed by atoms with van der Waals surface area (Å²) >= 11 is 0. The second-order valence-electron chi connectivity index (χ2n) is 2.08. The molecule has 2 rings (SSSR count). The van der Waals surface area contributed by atoms with Crippen LogP contribution < -0.4 is 0 Å². The monoisotopic (exact) mass is 151 g/mol. The van der Waals surface area contributed by atoms with Crippen molar-refractivity contribution in [3.8, 4) is 11.5 Å². The molecule has 0 amide bonds. The maximum absolute atomic E-state index is 4.70. The molecule has 0 atom stereocenters. The lowest BCUT2D eigenvalue weighted by Crippen LogP contribution is -1.82. The van der Waals surface area contributed by atoms with Crippen LogP contribution in [0.15, 0.2) is 10.8 Å². The van der Waals surface area contributed by atoms with Gasteiger partial charge in [-0.15, -0.1) is 10.2 Å². The van der Waals surface area contributed by atoms with Crippen LogP contribution in [0.4, 0.5) is 0 Å². The molecular formula is C5H5N5O. The van der Waals surface area contributed by atoms with Gasteiger partial charge in [0, 0.05) is 5.56 Å². The minimum atomic E-state index is 0.455. The van der Waals surface area contributed by atoms with E-state index in [4.69, 9.17) is 4.52 Å². The Bertz CT molecular complexity index is 337. The lowest BCUT2D eigenvalue weighted by atomic mass is 10.3. The van der Waals surface area contributed by atoms with E-state index in [1.54, 1.807) is 0 Å². The zero-order valence-corrected chi connectivity index (χ0v) is 5.77. The second kappa shape index (κ2) is 2.15. The Balaban J connectivity index is 2.53. The van der Waals surface area contributed by atoms with Crippen LogP contribution in [0.25, 0.3) is 11.5 Å². The fourth-order valence-electron chi connectivity index (χ4n) is 0.765. The number of nitrogens with zero attached hydrogens (tertiary/aromatic N) is 4. The van der Waals surface area contributed by atoms with E-state index in [2.05, 4.69) is 25.8 Å². The molecule has 2 aromatic heterocycles. The van der Waals surface area contributed by atoms with Crippen LogP contribution in [-0.2, 0) is 0 Å². The molecule has 0 saturated carbocycles. The molecule has 0 aromatic carbocycles. The summed E-state index contributed by atoms with van der Waals surface area (Å²) in [6, 6.07) is 0. The molecule has 0 saturated heterocycles. The zero-order chi connectivity index (χ0) is 7.68. The highest BCUT2D eigenvalue weighted by Gasteiger charge is 2.09. The third-order valence-electron chi connectivity index (χ3n) is 1.30. The van der Waals surface area contributed by atoms with Gasteiger partial charge in [-0.2, -0.15) is 5.21 Å². The summed E-state index contributed by atoms with van der Waals surface area (Å²) in [7, 11) is 0. The van der Waals surface area contributed by atoms with Gasteiger partial charge < -0.3 is 4.52 Å². The Morgan fingerprint density at radius 2 is 2.45 bits per heavy atom. The average Bonchev–Trinajstić information content (AvgIpc) is 2.55. The van der Waals surface area contributed by atoms with Crippen LogP contribution in [0.2, 0.25) is 0 Å². The first-order valence-electron chi connectivity index (χ1n) is 3.02. The summed E-state index contributed by atoms with van der Waals surface area (Å²) in [5, 5.41) is 16.9. The molecule has 0 aliphatic carbocycles. The van der Waals surface area contributed by atoms with Gasteiger partial charge in [-0.1, -0.05) is 5.16 Å². The zero-order valence-electron chi connectivity index (χ0n) is 5.77. The van der Waals surface area contributed by atoms with E-state index in [0.29, 0.717) is 11.5 Å². The molecule has 0 radical (unpaired) electrons. The number of H-pyrrole nitrogens is 1. The van der Waals surface area contributed by atoms with E-state index in [0.717, 1.165) is 5.56 Å². The van der Waals surface area contributed by atoms with Crippen molar-refractivity contribution < 1.29 is 4.52 Å². The predicted octanol–water partition coefficient (Wildman–Crippen LogP) is 0.163. The van der Waals surface area contributed by atoms with Gasteiger partial charge in [-0.3, -0.25) is 0 Å². The van der Waals surface area contributed by atoms with Gasteiger partial charge in [0.05, 0.1) is 0 Å². The molecular weight excluding hydrogens is 146 g/mol. The summed E-state index contributed by atoms with van der Waals surface area (Å²) in [4.78, 5) is 0. The van der Waals surface area contributed by atoms with Crippen molar-refractivity contribution in [1.82, 2.24) is 25.8 Å². The van der Waals surface area contributed by atoms with Crippen molar-refractivity contribution in [2.45, 2.75) is 6.92 Å². The van der Waals surface area contributed by atoms with Gasteiger partial charge in [0.15, 0.2) is 5.69 Å². The molecule has 11 heavy (non-hydrogen) atoms. The van der Waals surface area contributed by atoms with E-state index in [1.807, 2.05) is 6.92 Å². The number of nitrogens with one attached hydrogen (secondary N) is 1. The van der Waals surface area contributed by atoms with E-state index in [9.17, 15) is 0 Å². The van der Waals surface area contributed by atoms with Gasteiger partial charge in [0.25, 0.3) is 0 Å². The second-order valence-corrected chi connectivity index (χ2v) is 2.08. The summed E-state index contributed by atoms with van der Waals surface area (Å²) in [6.07, 6.45) is 1.53. The fraction of sp³-hybridized carbons (Fsp3) is 0.200. The normalized spacial score (nSPS) is 10.3. The SMILES string of the molecule is Cc1conc1-c1nn[nH]n1. The molecule has 6 nitrogen and oxygen atoms in total. The minimum Gasteiger partial charge on any atom is -0.364 e. The Morgan fingerprint density at radius 1 is 1.55 bits per heavy atom. The number of aryl methyl sites for hydroxylation is 1. The highest BCUT2D eigenvalue weighted by atomic mass is 16.5. The Hall–Kier alpha value is -1.72. The lowest BCUT2D eigenvalue weighted by molar-refractivity contribution is 0.421. The average molecular weight is 151 g/mol. The van der Waals surface area contributed by atoms with E-state index >= 15 is 0 Å². The molecule has 0 spiro atoms. The summed E-state index contributed by atoms with van der Waals surface area (Å²) < 4.78 is 4.70. The van der Waals surface area contributed by atoms with Crippen molar-refractivity contribution >= 4 is 0 Å². The smallest absolute Gasteiger partial charge is 0.226 e. The number of tetrazole rings is 1. The molecule has 56 valence electrons. The topological polar surface area (TPSA) is 80.5 Å². The van der Waals surface area contributed by atoms with Crippen molar-refractivity contribution in [1.29, 1.82) is 0 Å². The highest BCUT2D eigenvalue weighted by Crippen LogP contribution is 2.14. The van der Waals surface area contributed by atoms with Gasteiger partial charge in [-0.05, 0) is 12.1 Å². The Kier molecular flexibility index (Phi) is 1.18. The van der Waals surface area contributed by atoms with E-state index in [-0.39, 0.29) is 0 Å². The molecule has 6 heteroatoms. The van der Waals surface area contributed by atoms with E-state index in [1.165, 1.54) is 6.26 Å². The van der Waals surface area contributed by atoms with Crippen LogP contribution in [0, 0.1) is 6.92 Å². The van der Waals surface area contributed by atoms with Gasteiger partial charge in [-0.25, -0.2) is 0 Å². The minimum absolute atomic E-state index is 0.455. The first kappa shape index (κ1) is 6.02. The van der Waals surface area contributed by atoms with Crippen molar-refractivity contribution in [2.24, 2.45) is 0 Å². The van der Waals surface area contributed by atoms with E-state index < -0.39 is 0 Å². The standard InChI is InChI=1S/C5H5N5O/c1-3-2-11-8-4(3)5-6-9-10-7-5/h2H,1H3,(H,6,7,9,10). The molecule has 0 fully saturated rings. The Morgan fingerprint density at radius 3 is 3.00 bits per heavy atom. The Labute approximate surface area is 61.6 Å². The number of aromatic nitrogens is 5. The number of hydrogen-bond donors (Lipinski definition) is 1. The van der Waals surface area contributed by atoms with Crippen molar-refractivity contribution in [3.63, 3.8) is 0 Å². The lowest BCUT2D eigenvalue weighted by Gasteiger charge is -1.83. The van der Waals surface area contributed by atoms with Crippen LogP contribution in [-0.4, -0.2) is 25.8 Å². The molecule has 2 heterocycles. The molecule has 2 aromatic rings. The quantitative estimate of drug-likeness (QED) is 0.628. The van der Waals surface area contributed by atoms with Gasteiger partial charge in [0.2, 0.25) is 5.82 Å². The highest BCUT2D eigenvalue weighted by molar-refractivity contribution is 5.50. The number of aromatic amines is 1. The fourth-order valence-corrected chi connectivity index (χ4v) is 0.765. The van der Waals surface area contributed by atoms with Crippen LogP contribution >= 0.6 is 0 Å². The maximum Gasteiger partial charge on any atom is 0.226 e. The largest absolute Gasteiger partial charge is 0.364 e. The van der Waals surface area contributed by atoms with Crippen LogP contribution in [0.3, 0.4) is 0 Å². The van der Waals surface area contributed by atoms with Crippen LogP contribution in [0.1, 0.15) is 5.56 Å². The third-order valence-corrected chi connectivity index (χ3v) is 1.30. The summed E-state index contributed by atoms with van der Waals surface area (Å²) in [5.41, 5.74) is 1.52. The van der Waals surface area contributed by atoms with Crippen molar-refractivity contribution in [3.05, 3.63) is 11.8 Å². The number of rotatable bonds is 1. The molecule has 0 aliphatic heterocycles. The first-order chi connectivity index (χ1) is 5.38. The first-order valence-corrected chi connectivity index (χ1v) is 3.02. The van der Waals surface area contributed by atoms with Crippen molar-refractivity contribution in [2.75, 3.05) is 0 Å². The predicted molar refractivity (Wildman–Crippen MR) is 34.4 cm³/mol. The van der Waals surface area contributed by atoms with Crippen LogP contribution in [0.5, 0.6) is 0 Å². The van der Waals surface area contributed by atoms with Gasteiger partial charge in [0.1, 0.15) is 6.26 Å². The molecule has 0 bridgehead atoms. The molecule has 1 N–H and O–H groups in total. The third kappa shape index (κ3) is 0.878. The summed E-state index contributed by atoms with van der Waals surface area (Å²) in [6.45, 7) is 1.86. The molecule has 0 aliphatic rings. The maximum atomic E-state index is 4.70. The number of hydrogen-bond acceptors (Lipinski definition) is 5. The summed E-state index contributed by atoms with van der Waals surface area (Å²) in [5.74, 6) is 0.455. The molecule has 0 unspecified atom stereocenters. The van der Waals surface area contributed by atoms with Gasteiger partial charge >= 0.3 is 0 Å².